The summed E-state index contributed by atoms with van der Waals surface area (Å²) in [6.07, 6.45) is 0.598. The fraction of sp³-hybridized carbons (Fsp3) is 0.312. The van der Waals surface area contributed by atoms with E-state index in [1.807, 2.05) is 42.1 Å². The number of benzene rings is 2. The Hall–Kier alpha value is -1.32. The summed E-state index contributed by atoms with van der Waals surface area (Å²) in [5, 5.41) is 5.63. The third-order valence-corrected chi connectivity index (χ3v) is 4.65. The van der Waals surface area contributed by atoms with Crippen LogP contribution in [0.4, 0.5) is 0 Å². The molecule has 0 bridgehead atoms. The maximum atomic E-state index is 12.5. The number of carbonyl (C=O) groups excluding carboxylic acids is 1. The Morgan fingerprint density at radius 2 is 2.05 bits per heavy atom. The number of ketones is 1. The molecule has 0 aliphatic carbocycles. The van der Waals surface area contributed by atoms with Crippen LogP contribution in [0.25, 0.3) is 10.8 Å². The van der Waals surface area contributed by atoms with Crippen molar-refractivity contribution in [2.24, 2.45) is 0 Å². The van der Waals surface area contributed by atoms with Gasteiger partial charge >= 0.3 is 0 Å². The molecular formula is C16H17NOS. The largest absolute Gasteiger partial charge is 0.312 e. The van der Waals surface area contributed by atoms with Gasteiger partial charge in [0.15, 0.2) is 5.78 Å². The molecule has 0 saturated carbocycles. The van der Waals surface area contributed by atoms with Crippen molar-refractivity contribution >= 4 is 28.3 Å². The lowest BCUT2D eigenvalue weighted by atomic mass is 9.98. The van der Waals surface area contributed by atoms with Gasteiger partial charge in [-0.1, -0.05) is 42.5 Å². The first-order chi connectivity index (χ1) is 9.34. The molecule has 0 radical (unpaired) electrons. The third kappa shape index (κ3) is 2.82. The fourth-order valence-corrected chi connectivity index (χ4v) is 3.50. The Kier molecular flexibility index (Phi) is 3.85. The number of thioether (sulfide) groups is 1. The lowest BCUT2D eigenvalue weighted by Gasteiger charge is -2.22. The molecule has 1 fully saturated rings. The second-order valence-electron chi connectivity index (χ2n) is 4.88. The highest BCUT2D eigenvalue weighted by atomic mass is 32.2. The molecule has 0 spiro atoms. The highest BCUT2D eigenvalue weighted by Crippen LogP contribution is 2.21. The van der Waals surface area contributed by atoms with Gasteiger partial charge < -0.3 is 5.32 Å². The molecule has 1 atom stereocenters. The van der Waals surface area contributed by atoms with Crippen LogP contribution >= 0.6 is 11.8 Å². The molecule has 19 heavy (non-hydrogen) atoms. The third-order valence-electron chi connectivity index (χ3n) is 3.52. The summed E-state index contributed by atoms with van der Waals surface area (Å²) >= 11 is 1.93. The van der Waals surface area contributed by atoms with E-state index in [1.165, 1.54) is 0 Å². The molecule has 0 amide bonds. The SMILES string of the molecule is O=C(CC1CSCCN1)c1cccc2ccccc12. The number of hydrogen-bond donors (Lipinski definition) is 1. The van der Waals surface area contributed by atoms with E-state index in [4.69, 9.17) is 0 Å². The number of carbonyl (C=O) groups is 1. The molecule has 1 unspecified atom stereocenters. The molecule has 2 nitrogen and oxygen atoms in total. The van der Waals surface area contributed by atoms with Crippen molar-refractivity contribution in [3.63, 3.8) is 0 Å². The summed E-state index contributed by atoms with van der Waals surface area (Å²) in [6.45, 7) is 1.01. The summed E-state index contributed by atoms with van der Waals surface area (Å²) in [7, 11) is 0. The van der Waals surface area contributed by atoms with Gasteiger partial charge in [0.05, 0.1) is 0 Å². The number of hydrogen-bond acceptors (Lipinski definition) is 3. The maximum absolute atomic E-state index is 12.5. The first-order valence-corrected chi connectivity index (χ1v) is 7.82. The number of nitrogens with one attached hydrogen (secondary N) is 1. The summed E-state index contributed by atoms with van der Waals surface area (Å²) < 4.78 is 0. The minimum absolute atomic E-state index is 0.247. The van der Waals surface area contributed by atoms with Crippen LogP contribution in [0.3, 0.4) is 0 Å². The van der Waals surface area contributed by atoms with Crippen molar-refractivity contribution in [1.82, 2.24) is 5.32 Å². The zero-order valence-corrected chi connectivity index (χ0v) is 11.6. The lowest BCUT2D eigenvalue weighted by Crippen LogP contribution is -2.38. The zero-order valence-electron chi connectivity index (χ0n) is 10.8. The summed E-state index contributed by atoms with van der Waals surface area (Å²) in [6, 6.07) is 14.4. The van der Waals surface area contributed by atoms with Crippen molar-refractivity contribution in [2.45, 2.75) is 12.5 Å². The molecule has 1 heterocycles. The van der Waals surface area contributed by atoms with Gasteiger partial charge in [0.25, 0.3) is 0 Å². The standard InChI is InChI=1S/C16H17NOS/c18-16(10-13-11-19-9-8-17-13)15-7-3-5-12-4-1-2-6-14(12)15/h1-7,13,17H,8-11H2. The molecule has 2 aromatic rings. The van der Waals surface area contributed by atoms with E-state index in [2.05, 4.69) is 17.4 Å². The van der Waals surface area contributed by atoms with Crippen molar-refractivity contribution in [3.8, 4) is 0 Å². The van der Waals surface area contributed by atoms with E-state index in [1.54, 1.807) is 0 Å². The number of Topliss-reactive ketones (excluding diaryl/α,β-unsaturated/α-hetero) is 1. The Morgan fingerprint density at radius 1 is 1.21 bits per heavy atom. The van der Waals surface area contributed by atoms with Crippen LogP contribution in [0.1, 0.15) is 16.8 Å². The summed E-state index contributed by atoms with van der Waals surface area (Å²) in [5.74, 6) is 2.44. The van der Waals surface area contributed by atoms with Crippen molar-refractivity contribution < 1.29 is 4.79 Å². The minimum atomic E-state index is 0.247. The smallest absolute Gasteiger partial charge is 0.165 e. The molecule has 3 rings (SSSR count). The topological polar surface area (TPSA) is 29.1 Å². The number of fused-ring (bicyclic) bond motifs is 1. The van der Waals surface area contributed by atoms with Crippen LogP contribution in [0.2, 0.25) is 0 Å². The Bertz CT molecular complexity index is 585. The van der Waals surface area contributed by atoms with E-state index >= 15 is 0 Å². The van der Waals surface area contributed by atoms with Gasteiger partial charge in [0.2, 0.25) is 0 Å². The highest BCUT2D eigenvalue weighted by molar-refractivity contribution is 7.99. The molecule has 1 aliphatic rings. The first kappa shape index (κ1) is 12.7. The van der Waals surface area contributed by atoms with Crippen molar-refractivity contribution in [1.29, 1.82) is 0 Å². The van der Waals surface area contributed by atoms with Gasteiger partial charge in [0.1, 0.15) is 0 Å². The predicted molar refractivity (Wildman–Crippen MR) is 82.0 cm³/mol. The quantitative estimate of drug-likeness (QED) is 0.870. The van der Waals surface area contributed by atoms with Gasteiger partial charge in [-0.3, -0.25) is 4.79 Å². The van der Waals surface area contributed by atoms with Crippen LogP contribution in [-0.4, -0.2) is 29.9 Å². The van der Waals surface area contributed by atoms with Crippen LogP contribution in [0, 0.1) is 0 Å². The molecule has 0 aromatic heterocycles. The van der Waals surface area contributed by atoms with E-state index < -0.39 is 0 Å². The molecule has 2 aromatic carbocycles. The van der Waals surface area contributed by atoms with Crippen LogP contribution < -0.4 is 5.32 Å². The normalized spacial score (nSPS) is 19.5. The Balaban J connectivity index is 1.85. The molecule has 1 N–H and O–H groups in total. The molecular weight excluding hydrogens is 254 g/mol. The van der Waals surface area contributed by atoms with Gasteiger partial charge in [-0.05, 0) is 10.8 Å². The van der Waals surface area contributed by atoms with Gasteiger partial charge in [-0.25, -0.2) is 0 Å². The number of rotatable bonds is 3. The predicted octanol–water partition coefficient (Wildman–Crippen LogP) is 3.12. The Morgan fingerprint density at radius 3 is 2.89 bits per heavy atom. The Labute approximate surface area is 117 Å². The van der Waals surface area contributed by atoms with Gasteiger partial charge in [-0.2, -0.15) is 11.8 Å². The van der Waals surface area contributed by atoms with Gasteiger partial charge in [0, 0.05) is 36.1 Å². The van der Waals surface area contributed by atoms with Crippen molar-refractivity contribution in [2.75, 3.05) is 18.1 Å². The summed E-state index contributed by atoms with van der Waals surface area (Å²) in [4.78, 5) is 12.5. The fourth-order valence-electron chi connectivity index (χ4n) is 2.55. The monoisotopic (exact) mass is 271 g/mol. The van der Waals surface area contributed by atoms with E-state index in [-0.39, 0.29) is 5.78 Å². The molecule has 98 valence electrons. The van der Waals surface area contributed by atoms with Gasteiger partial charge in [-0.15, -0.1) is 0 Å². The van der Waals surface area contributed by atoms with Crippen LogP contribution in [-0.2, 0) is 0 Å². The molecule has 3 heteroatoms. The second-order valence-corrected chi connectivity index (χ2v) is 6.03. The van der Waals surface area contributed by atoms with Crippen LogP contribution in [0.5, 0.6) is 0 Å². The highest BCUT2D eigenvalue weighted by Gasteiger charge is 2.18. The van der Waals surface area contributed by atoms with E-state index in [0.29, 0.717) is 12.5 Å². The van der Waals surface area contributed by atoms with Crippen LogP contribution in [0.15, 0.2) is 42.5 Å². The van der Waals surface area contributed by atoms with E-state index in [0.717, 1.165) is 34.4 Å². The minimum Gasteiger partial charge on any atom is -0.312 e. The maximum Gasteiger partial charge on any atom is 0.165 e. The molecule has 1 aliphatic heterocycles. The average Bonchev–Trinajstić information content (AvgIpc) is 2.47. The zero-order chi connectivity index (χ0) is 13.1. The first-order valence-electron chi connectivity index (χ1n) is 6.67. The molecule has 1 saturated heterocycles. The summed E-state index contributed by atoms with van der Waals surface area (Å²) in [5.41, 5.74) is 0.857. The second kappa shape index (κ2) is 5.76. The average molecular weight is 271 g/mol. The van der Waals surface area contributed by atoms with E-state index in [9.17, 15) is 4.79 Å². The van der Waals surface area contributed by atoms with Crippen molar-refractivity contribution in [3.05, 3.63) is 48.0 Å². The lowest BCUT2D eigenvalue weighted by molar-refractivity contribution is 0.0973.